The molecule has 1 atom stereocenters. The Labute approximate surface area is 171 Å². The van der Waals surface area contributed by atoms with E-state index in [0.717, 1.165) is 22.6 Å². The van der Waals surface area contributed by atoms with E-state index in [1.807, 2.05) is 90.7 Å². The normalized spacial score (nSPS) is 18.8. The molecule has 1 amide bonds. The van der Waals surface area contributed by atoms with Gasteiger partial charge in [-0.25, -0.2) is 0 Å². The fraction of sp³-hybridized carbons (Fsp3) is 0.240. The second-order valence-electron chi connectivity index (χ2n) is 7.60. The lowest BCUT2D eigenvalue weighted by Crippen LogP contribution is -2.49. The SMILES string of the molecule is Cc1ccc(N2C(=O)CCC2(CN)c2ccc(OCc3ccccc3)cc2)cc1. The minimum Gasteiger partial charge on any atom is -0.489 e. The number of carbonyl (C=O) groups excluding carboxylic acids is 1. The molecule has 1 aliphatic heterocycles. The summed E-state index contributed by atoms with van der Waals surface area (Å²) in [5, 5.41) is 0. The quantitative estimate of drug-likeness (QED) is 0.676. The number of anilines is 1. The van der Waals surface area contributed by atoms with E-state index < -0.39 is 5.54 Å². The van der Waals surface area contributed by atoms with Crippen molar-refractivity contribution in [1.82, 2.24) is 0 Å². The first-order valence-electron chi connectivity index (χ1n) is 9.99. The van der Waals surface area contributed by atoms with E-state index in [4.69, 9.17) is 10.5 Å². The summed E-state index contributed by atoms with van der Waals surface area (Å²) in [7, 11) is 0. The van der Waals surface area contributed by atoms with Crippen molar-refractivity contribution < 1.29 is 9.53 Å². The average molecular weight is 386 g/mol. The van der Waals surface area contributed by atoms with Crippen LogP contribution < -0.4 is 15.4 Å². The highest BCUT2D eigenvalue weighted by Gasteiger charge is 2.46. The Bertz CT molecular complexity index is 968. The summed E-state index contributed by atoms with van der Waals surface area (Å²) in [6, 6.07) is 26.1. The molecule has 0 aromatic heterocycles. The molecule has 1 heterocycles. The van der Waals surface area contributed by atoms with Gasteiger partial charge in [-0.1, -0.05) is 60.2 Å². The molecule has 1 fully saturated rings. The van der Waals surface area contributed by atoms with Crippen molar-refractivity contribution in [2.24, 2.45) is 5.73 Å². The number of amides is 1. The van der Waals surface area contributed by atoms with Gasteiger partial charge >= 0.3 is 0 Å². The molecule has 1 saturated heterocycles. The summed E-state index contributed by atoms with van der Waals surface area (Å²) < 4.78 is 5.91. The number of aryl methyl sites for hydroxylation is 1. The van der Waals surface area contributed by atoms with Gasteiger partial charge in [-0.3, -0.25) is 4.79 Å². The minimum atomic E-state index is -0.524. The Morgan fingerprint density at radius 1 is 0.966 bits per heavy atom. The molecule has 0 bridgehead atoms. The molecule has 3 aromatic rings. The van der Waals surface area contributed by atoms with Gasteiger partial charge < -0.3 is 15.4 Å². The van der Waals surface area contributed by atoms with Crippen LogP contribution in [0.3, 0.4) is 0 Å². The third kappa shape index (κ3) is 3.76. The largest absolute Gasteiger partial charge is 0.489 e. The first-order valence-corrected chi connectivity index (χ1v) is 9.99. The fourth-order valence-electron chi connectivity index (χ4n) is 4.05. The number of nitrogens with zero attached hydrogens (tertiary/aromatic N) is 1. The zero-order chi connectivity index (χ0) is 20.3. The van der Waals surface area contributed by atoms with Gasteiger partial charge in [0.1, 0.15) is 12.4 Å². The number of nitrogens with two attached hydrogens (primary N) is 1. The molecule has 1 aliphatic rings. The standard InChI is InChI=1S/C25H26N2O2/c1-19-7-11-22(12-8-19)27-24(28)15-16-25(27,18-26)21-9-13-23(14-10-21)29-17-20-5-3-2-4-6-20/h2-14H,15-18,26H2,1H3. The highest BCUT2D eigenvalue weighted by atomic mass is 16.5. The lowest BCUT2D eigenvalue weighted by atomic mass is 9.86. The van der Waals surface area contributed by atoms with Crippen LogP contribution in [0.25, 0.3) is 0 Å². The maximum atomic E-state index is 12.8. The second-order valence-corrected chi connectivity index (χ2v) is 7.60. The minimum absolute atomic E-state index is 0.115. The summed E-state index contributed by atoms with van der Waals surface area (Å²) in [6.45, 7) is 2.94. The van der Waals surface area contributed by atoms with Crippen LogP contribution in [0.2, 0.25) is 0 Å². The molecule has 4 nitrogen and oxygen atoms in total. The van der Waals surface area contributed by atoms with Crippen LogP contribution in [-0.2, 0) is 16.9 Å². The maximum absolute atomic E-state index is 12.8. The van der Waals surface area contributed by atoms with Gasteiger partial charge in [-0.05, 0) is 48.7 Å². The maximum Gasteiger partial charge on any atom is 0.227 e. The van der Waals surface area contributed by atoms with E-state index in [0.29, 0.717) is 26.0 Å². The van der Waals surface area contributed by atoms with Gasteiger partial charge in [-0.15, -0.1) is 0 Å². The van der Waals surface area contributed by atoms with Gasteiger partial charge in [0.15, 0.2) is 0 Å². The summed E-state index contributed by atoms with van der Waals surface area (Å²) in [5.41, 5.74) is 9.97. The van der Waals surface area contributed by atoms with E-state index in [-0.39, 0.29) is 5.91 Å². The number of hydrogen-bond donors (Lipinski definition) is 1. The molecule has 0 spiro atoms. The van der Waals surface area contributed by atoms with E-state index in [2.05, 4.69) is 0 Å². The molecule has 3 aromatic carbocycles. The van der Waals surface area contributed by atoms with E-state index >= 15 is 0 Å². The monoisotopic (exact) mass is 386 g/mol. The first-order chi connectivity index (χ1) is 14.1. The topological polar surface area (TPSA) is 55.6 Å². The van der Waals surface area contributed by atoms with Crippen LogP contribution >= 0.6 is 0 Å². The Kier molecular flexibility index (Phi) is 5.36. The molecule has 4 heteroatoms. The molecule has 2 N–H and O–H groups in total. The van der Waals surface area contributed by atoms with E-state index in [9.17, 15) is 4.79 Å². The van der Waals surface area contributed by atoms with Crippen molar-refractivity contribution in [2.75, 3.05) is 11.4 Å². The first kappa shape index (κ1) is 19.2. The molecule has 4 rings (SSSR count). The average Bonchev–Trinajstić information content (AvgIpc) is 3.11. The molecule has 0 radical (unpaired) electrons. The summed E-state index contributed by atoms with van der Waals surface area (Å²) in [4.78, 5) is 14.7. The van der Waals surface area contributed by atoms with Gasteiger partial charge in [0.2, 0.25) is 5.91 Å². The molecule has 29 heavy (non-hydrogen) atoms. The van der Waals surface area contributed by atoms with Crippen LogP contribution in [0.1, 0.15) is 29.5 Å². The Balaban J connectivity index is 1.59. The second kappa shape index (κ2) is 8.10. The van der Waals surface area contributed by atoms with Crippen LogP contribution in [0.4, 0.5) is 5.69 Å². The number of rotatable bonds is 6. The molecule has 1 unspecified atom stereocenters. The molecule has 0 saturated carbocycles. The van der Waals surface area contributed by atoms with Crippen molar-refractivity contribution in [3.8, 4) is 5.75 Å². The predicted octanol–water partition coefficient (Wildman–Crippen LogP) is 4.56. The van der Waals surface area contributed by atoms with Gasteiger partial charge in [-0.2, -0.15) is 0 Å². The molecule has 148 valence electrons. The number of hydrogen-bond acceptors (Lipinski definition) is 3. The van der Waals surface area contributed by atoms with Crippen LogP contribution in [0, 0.1) is 6.92 Å². The van der Waals surface area contributed by atoms with Crippen molar-refractivity contribution in [3.63, 3.8) is 0 Å². The molecule has 0 aliphatic carbocycles. The Morgan fingerprint density at radius 3 is 2.31 bits per heavy atom. The van der Waals surface area contributed by atoms with E-state index in [1.54, 1.807) is 0 Å². The Hall–Kier alpha value is -3.11. The van der Waals surface area contributed by atoms with Crippen molar-refractivity contribution in [2.45, 2.75) is 31.9 Å². The highest BCUT2D eigenvalue weighted by Crippen LogP contribution is 2.42. The molecular weight excluding hydrogens is 360 g/mol. The summed E-state index contributed by atoms with van der Waals surface area (Å²) in [5.74, 6) is 0.916. The number of benzene rings is 3. The lowest BCUT2D eigenvalue weighted by Gasteiger charge is -2.38. The third-order valence-electron chi connectivity index (χ3n) is 5.70. The smallest absolute Gasteiger partial charge is 0.227 e. The highest BCUT2D eigenvalue weighted by molar-refractivity contribution is 5.97. The van der Waals surface area contributed by atoms with Crippen LogP contribution in [0.5, 0.6) is 5.75 Å². The van der Waals surface area contributed by atoms with Crippen LogP contribution in [0.15, 0.2) is 78.9 Å². The molecular formula is C25H26N2O2. The van der Waals surface area contributed by atoms with E-state index in [1.165, 1.54) is 5.56 Å². The zero-order valence-corrected chi connectivity index (χ0v) is 16.7. The Morgan fingerprint density at radius 2 is 1.66 bits per heavy atom. The summed E-state index contributed by atoms with van der Waals surface area (Å²) in [6.07, 6.45) is 1.21. The third-order valence-corrected chi connectivity index (χ3v) is 5.70. The number of ether oxygens (including phenoxy) is 1. The zero-order valence-electron chi connectivity index (χ0n) is 16.7. The van der Waals surface area contributed by atoms with Crippen LogP contribution in [-0.4, -0.2) is 12.5 Å². The van der Waals surface area contributed by atoms with Crippen molar-refractivity contribution in [1.29, 1.82) is 0 Å². The lowest BCUT2D eigenvalue weighted by molar-refractivity contribution is -0.117. The fourth-order valence-corrected chi connectivity index (χ4v) is 4.05. The van der Waals surface area contributed by atoms with Gasteiger partial charge in [0.05, 0.1) is 5.54 Å². The van der Waals surface area contributed by atoms with Crippen molar-refractivity contribution in [3.05, 3.63) is 95.6 Å². The predicted molar refractivity (Wildman–Crippen MR) is 116 cm³/mol. The summed E-state index contributed by atoms with van der Waals surface area (Å²) >= 11 is 0. The van der Waals surface area contributed by atoms with Crippen molar-refractivity contribution >= 4 is 11.6 Å². The van der Waals surface area contributed by atoms with Gasteiger partial charge in [0.25, 0.3) is 0 Å². The number of carbonyl (C=O) groups is 1. The van der Waals surface area contributed by atoms with Gasteiger partial charge in [0, 0.05) is 18.7 Å².